The van der Waals surface area contributed by atoms with Crippen LogP contribution in [0.15, 0.2) is 11.1 Å². The SMILES string of the molecule is C[C@H]1OC([n+]2cn(C)c3c(=O)[nH]c(N)nc32)[C@H](O)[C@@H]1SC(F)(F)F. The molecule has 4 atom stereocenters. The number of aromatic nitrogens is 4. The topological polar surface area (TPSA) is 110 Å². The van der Waals surface area contributed by atoms with Crippen molar-refractivity contribution in [1.82, 2.24) is 14.5 Å². The number of ether oxygens (including phenoxy) is 1. The number of thioether (sulfide) groups is 1. The van der Waals surface area contributed by atoms with Gasteiger partial charge in [0.25, 0.3) is 11.5 Å². The number of anilines is 1. The lowest BCUT2D eigenvalue weighted by Gasteiger charge is -2.18. The fourth-order valence-electron chi connectivity index (χ4n) is 2.82. The quantitative estimate of drug-likeness (QED) is 0.647. The van der Waals surface area contributed by atoms with Crippen molar-refractivity contribution in [1.29, 1.82) is 0 Å². The summed E-state index contributed by atoms with van der Waals surface area (Å²) in [4.78, 5) is 18.3. The van der Waals surface area contributed by atoms with E-state index in [9.17, 15) is 23.1 Å². The molecule has 3 rings (SSSR count). The van der Waals surface area contributed by atoms with Gasteiger partial charge < -0.3 is 15.6 Å². The van der Waals surface area contributed by atoms with E-state index < -0.39 is 34.8 Å². The number of aliphatic hydroxyl groups excluding tert-OH is 1. The molecule has 0 saturated carbocycles. The van der Waals surface area contributed by atoms with Crippen LogP contribution in [0.2, 0.25) is 0 Å². The Morgan fingerprint density at radius 1 is 1.54 bits per heavy atom. The number of aliphatic hydroxyl groups is 1. The normalized spacial score (nSPS) is 27.9. The molecule has 4 N–H and O–H groups in total. The Hall–Kier alpha value is -1.79. The Morgan fingerprint density at radius 3 is 2.83 bits per heavy atom. The first-order valence-electron chi connectivity index (χ1n) is 6.92. The lowest BCUT2D eigenvalue weighted by molar-refractivity contribution is -0.745. The summed E-state index contributed by atoms with van der Waals surface area (Å²) in [6.45, 7) is 1.45. The Bertz CT molecular complexity index is 836. The number of halogens is 3. The number of fused-ring (bicyclic) bond motifs is 1. The fraction of sp³-hybridized carbons (Fsp3) is 0.583. The van der Waals surface area contributed by atoms with Gasteiger partial charge in [0.15, 0.2) is 6.33 Å². The van der Waals surface area contributed by atoms with Crippen molar-refractivity contribution in [3.63, 3.8) is 0 Å². The Labute approximate surface area is 137 Å². The lowest BCUT2D eigenvalue weighted by atomic mass is 10.2. The molecule has 8 nitrogen and oxygen atoms in total. The highest BCUT2D eigenvalue weighted by atomic mass is 32.2. The Balaban J connectivity index is 2.04. The maximum Gasteiger partial charge on any atom is 0.442 e. The summed E-state index contributed by atoms with van der Waals surface area (Å²) in [7, 11) is 1.57. The first kappa shape index (κ1) is 17.0. The van der Waals surface area contributed by atoms with Gasteiger partial charge in [-0.1, -0.05) is 4.98 Å². The van der Waals surface area contributed by atoms with Crippen LogP contribution < -0.4 is 15.9 Å². The highest BCUT2D eigenvalue weighted by Crippen LogP contribution is 2.42. The first-order chi connectivity index (χ1) is 11.1. The molecule has 0 amide bonds. The van der Waals surface area contributed by atoms with Gasteiger partial charge in [-0.15, -0.1) is 0 Å². The van der Waals surface area contributed by atoms with Gasteiger partial charge in [-0.25, -0.2) is 4.57 Å². The number of aryl methyl sites for hydroxylation is 1. The highest BCUT2D eigenvalue weighted by molar-refractivity contribution is 8.00. The molecular formula is C12H15F3N5O3S+. The third-order valence-electron chi connectivity index (χ3n) is 3.78. The van der Waals surface area contributed by atoms with Crippen molar-refractivity contribution in [3.8, 4) is 0 Å². The Morgan fingerprint density at radius 2 is 2.21 bits per heavy atom. The zero-order valence-corrected chi connectivity index (χ0v) is 13.4. The van der Waals surface area contributed by atoms with Gasteiger partial charge >= 0.3 is 11.2 Å². The maximum absolute atomic E-state index is 12.7. The van der Waals surface area contributed by atoms with Crippen molar-refractivity contribution in [2.45, 2.75) is 36.1 Å². The molecule has 3 heterocycles. The molecule has 2 aromatic heterocycles. The molecule has 0 spiro atoms. The summed E-state index contributed by atoms with van der Waals surface area (Å²) in [6, 6.07) is 0. The molecule has 2 aromatic rings. The summed E-state index contributed by atoms with van der Waals surface area (Å²) < 4.78 is 46.2. The predicted molar refractivity (Wildman–Crippen MR) is 79.0 cm³/mol. The van der Waals surface area contributed by atoms with Crippen LogP contribution in [-0.4, -0.2) is 42.6 Å². The second-order valence-corrected chi connectivity index (χ2v) is 6.75. The molecular weight excluding hydrogens is 351 g/mol. The zero-order chi connectivity index (χ0) is 17.8. The van der Waals surface area contributed by atoms with Crippen LogP contribution in [0.25, 0.3) is 11.2 Å². The second kappa shape index (κ2) is 5.63. The minimum atomic E-state index is -4.50. The lowest BCUT2D eigenvalue weighted by Crippen LogP contribution is -2.46. The minimum absolute atomic E-state index is 0.118. The van der Waals surface area contributed by atoms with Crippen molar-refractivity contribution in [2.24, 2.45) is 7.05 Å². The number of hydrogen-bond acceptors (Lipinski definition) is 6. The van der Waals surface area contributed by atoms with E-state index in [0.717, 1.165) is 0 Å². The molecule has 1 unspecified atom stereocenters. The van der Waals surface area contributed by atoms with Crippen molar-refractivity contribution < 1.29 is 27.6 Å². The highest BCUT2D eigenvalue weighted by Gasteiger charge is 2.50. The average Bonchev–Trinajstić information content (AvgIpc) is 2.89. The van der Waals surface area contributed by atoms with Gasteiger partial charge in [0.1, 0.15) is 6.10 Å². The first-order valence-corrected chi connectivity index (χ1v) is 7.80. The molecule has 0 aromatic carbocycles. The number of rotatable bonds is 2. The van der Waals surface area contributed by atoms with Crippen LogP contribution in [0.1, 0.15) is 13.2 Å². The largest absolute Gasteiger partial charge is 0.442 e. The standard InChI is InChI=1S/C12H14F3N5O3S/c1-4-7(24-12(13,14)15)6(21)10(23-4)20-3-19(2)5-8(20)17-11(16)18-9(5)22/h3-4,6-7,10,21H,1-2H3,(H2-,16,17,18,22)/p+1/t4-,6-,7-,10?/m1/s1. The van der Waals surface area contributed by atoms with Crippen LogP contribution >= 0.6 is 11.8 Å². The summed E-state index contributed by atoms with van der Waals surface area (Å²) >= 11 is -0.311. The van der Waals surface area contributed by atoms with Gasteiger partial charge in [0.2, 0.25) is 11.7 Å². The molecule has 1 fully saturated rings. The van der Waals surface area contributed by atoms with E-state index in [4.69, 9.17) is 10.5 Å². The molecule has 0 aliphatic carbocycles. The smallest absolute Gasteiger partial charge is 0.386 e. The van der Waals surface area contributed by atoms with Gasteiger partial charge in [-0.2, -0.15) is 13.2 Å². The summed E-state index contributed by atoms with van der Waals surface area (Å²) in [6.07, 6.45) is -1.98. The molecule has 132 valence electrons. The van der Waals surface area contributed by atoms with E-state index in [0.29, 0.717) is 0 Å². The summed E-state index contributed by atoms with van der Waals surface area (Å²) in [5.41, 5.74) is 0.815. The Kier molecular flexibility index (Phi) is 4.00. The van der Waals surface area contributed by atoms with Crippen molar-refractivity contribution in [2.75, 3.05) is 5.73 Å². The van der Waals surface area contributed by atoms with Gasteiger partial charge in [0.05, 0.1) is 18.4 Å². The van der Waals surface area contributed by atoms with Crippen LogP contribution in [0, 0.1) is 0 Å². The second-order valence-electron chi connectivity index (χ2n) is 5.51. The van der Waals surface area contributed by atoms with Crippen LogP contribution in [0.5, 0.6) is 0 Å². The molecule has 24 heavy (non-hydrogen) atoms. The summed E-state index contributed by atoms with van der Waals surface area (Å²) in [5, 5.41) is 9.13. The molecule has 0 radical (unpaired) electrons. The van der Waals surface area contributed by atoms with Gasteiger partial charge in [0, 0.05) is 0 Å². The zero-order valence-electron chi connectivity index (χ0n) is 12.6. The van der Waals surface area contributed by atoms with Crippen LogP contribution in [0.3, 0.4) is 0 Å². The predicted octanol–water partition coefficient (Wildman–Crippen LogP) is 0.0311. The number of alkyl halides is 3. The number of nitrogens with zero attached hydrogens (tertiary/aromatic N) is 3. The van der Waals surface area contributed by atoms with Crippen LogP contribution in [-0.2, 0) is 11.8 Å². The number of H-pyrrole nitrogens is 1. The molecule has 12 heteroatoms. The van der Waals surface area contributed by atoms with Crippen molar-refractivity contribution >= 4 is 28.9 Å². The number of imidazole rings is 1. The van der Waals surface area contributed by atoms with E-state index in [1.54, 1.807) is 7.05 Å². The third-order valence-corrected chi connectivity index (χ3v) is 4.98. The molecule has 1 saturated heterocycles. The van der Waals surface area contributed by atoms with E-state index >= 15 is 0 Å². The number of nitrogen functional groups attached to an aromatic ring is 1. The molecule has 1 aliphatic rings. The third kappa shape index (κ3) is 2.84. The number of nitrogens with one attached hydrogen (secondary N) is 1. The van der Waals surface area contributed by atoms with E-state index in [1.165, 1.54) is 22.4 Å². The monoisotopic (exact) mass is 366 g/mol. The van der Waals surface area contributed by atoms with E-state index in [1.807, 2.05) is 0 Å². The van der Waals surface area contributed by atoms with Crippen LogP contribution in [0.4, 0.5) is 19.1 Å². The fourth-order valence-corrected chi connectivity index (χ4v) is 3.66. The molecule has 1 aliphatic heterocycles. The molecule has 0 bridgehead atoms. The van der Waals surface area contributed by atoms with Crippen molar-refractivity contribution in [3.05, 3.63) is 16.7 Å². The van der Waals surface area contributed by atoms with Gasteiger partial charge in [-0.3, -0.25) is 14.3 Å². The van der Waals surface area contributed by atoms with E-state index in [2.05, 4.69) is 9.97 Å². The number of nitrogens with two attached hydrogens (primary N) is 1. The van der Waals surface area contributed by atoms with E-state index in [-0.39, 0.29) is 28.9 Å². The number of hydrogen-bond donors (Lipinski definition) is 3. The maximum atomic E-state index is 12.7. The summed E-state index contributed by atoms with van der Waals surface area (Å²) in [5.74, 6) is -0.144. The number of aromatic amines is 1. The minimum Gasteiger partial charge on any atom is -0.386 e. The average molecular weight is 366 g/mol. The van der Waals surface area contributed by atoms with Gasteiger partial charge in [-0.05, 0) is 18.7 Å².